The number of carboxylic acid groups (broad SMARTS) is 1. The number of H-pyrrole nitrogens is 2. The molecule has 9 heteroatoms. The summed E-state index contributed by atoms with van der Waals surface area (Å²) < 4.78 is 0. The number of nitrogens with zero attached hydrogens (tertiary/aromatic N) is 4. The fourth-order valence-corrected chi connectivity index (χ4v) is 3.03. The van der Waals surface area contributed by atoms with Gasteiger partial charge >= 0.3 is 5.97 Å². The van der Waals surface area contributed by atoms with Gasteiger partial charge in [0.1, 0.15) is 6.33 Å². The molecule has 0 aliphatic carbocycles. The topological polar surface area (TPSA) is 128 Å². The Morgan fingerprint density at radius 2 is 2.04 bits per heavy atom. The second-order valence-corrected chi connectivity index (χ2v) is 5.69. The summed E-state index contributed by atoms with van der Waals surface area (Å²) in [5.41, 5.74) is 2.44. The van der Waals surface area contributed by atoms with Gasteiger partial charge in [-0.25, -0.2) is 9.78 Å². The minimum absolute atomic E-state index is 0.0315. The molecule has 3 heterocycles. The molecule has 126 valence electrons. The lowest BCUT2D eigenvalue weighted by molar-refractivity contribution is 0.0674. The molecule has 9 nitrogen and oxygen atoms in total. The quantitative estimate of drug-likeness (QED) is 0.656. The summed E-state index contributed by atoms with van der Waals surface area (Å²) in [4.78, 5) is 30.0. The zero-order valence-electron chi connectivity index (χ0n) is 13.1. The average Bonchev–Trinajstić information content (AvgIpc) is 3.30. The number of carbonyl (C=O) groups is 2. The third-order valence-electron chi connectivity index (χ3n) is 4.25. The van der Waals surface area contributed by atoms with Crippen molar-refractivity contribution >= 4 is 11.9 Å². The molecular formula is C16H14N6O3. The molecule has 3 N–H and O–H groups in total. The van der Waals surface area contributed by atoms with Crippen molar-refractivity contribution in [3.05, 3.63) is 53.1 Å². The van der Waals surface area contributed by atoms with Gasteiger partial charge in [-0.1, -0.05) is 18.2 Å². The van der Waals surface area contributed by atoms with Crippen LogP contribution in [0.2, 0.25) is 0 Å². The van der Waals surface area contributed by atoms with E-state index < -0.39 is 5.97 Å². The summed E-state index contributed by atoms with van der Waals surface area (Å²) in [5, 5.41) is 22.4. The third-order valence-corrected chi connectivity index (χ3v) is 4.25. The molecule has 0 unspecified atom stereocenters. The summed E-state index contributed by atoms with van der Waals surface area (Å²) >= 11 is 0. The number of fused-ring (bicyclic) bond motifs is 1. The summed E-state index contributed by atoms with van der Waals surface area (Å²) in [5.74, 6) is -0.778. The van der Waals surface area contributed by atoms with Gasteiger partial charge in [-0.15, -0.1) is 0 Å². The van der Waals surface area contributed by atoms with Crippen molar-refractivity contribution in [2.24, 2.45) is 0 Å². The number of aromatic nitrogens is 5. The van der Waals surface area contributed by atoms with Crippen LogP contribution >= 0.6 is 0 Å². The van der Waals surface area contributed by atoms with E-state index in [1.807, 2.05) is 6.07 Å². The fourth-order valence-electron chi connectivity index (χ4n) is 3.03. The Morgan fingerprint density at radius 1 is 1.20 bits per heavy atom. The third kappa shape index (κ3) is 2.55. The predicted molar refractivity (Wildman–Crippen MR) is 85.8 cm³/mol. The normalized spacial score (nSPS) is 13.5. The highest BCUT2D eigenvalue weighted by molar-refractivity contribution is 6.00. The van der Waals surface area contributed by atoms with Gasteiger partial charge in [-0.2, -0.15) is 10.2 Å². The summed E-state index contributed by atoms with van der Waals surface area (Å²) in [6.45, 7) is 0.689. The van der Waals surface area contributed by atoms with Crippen LogP contribution in [0.3, 0.4) is 0 Å². The SMILES string of the molecule is O=C(O)c1n[nH]c2c1CN(C(=O)c1ccccc1-c1ncn[nH]1)CC2. The molecule has 25 heavy (non-hydrogen) atoms. The van der Waals surface area contributed by atoms with E-state index in [4.69, 9.17) is 0 Å². The van der Waals surface area contributed by atoms with E-state index >= 15 is 0 Å². The van der Waals surface area contributed by atoms with Crippen molar-refractivity contribution < 1.29 is 14.7 Å². The molecule has 0 radical (unpaired) electrons. The number of nitrogens with one attached hydrogen (secondary N) is 2. The first-order valence-electron chi connectivity index (χ1n) is 7.68. The van der Waals surface area contributed by atoms with E-state index in [9.17, 15) is 14.7 Å². The zero-order valence-corrected chi connectivity index (χ0v) is 13.1. The Balaban J connectivity index is 1.67. The molecule has 1 aliphatic heterocycles. The van der Waals surface area contributed by atoms with Gasteiger partial charge in [-0.3, -0.25) is 15.0 Å². The van der Waals surface area contributed by atoms with E-state index in [0.717, 1.165) is 5.69 Å². The number of hydrogen-bond acceptors (Lipinski definition) is 5. The molecule has 0 atom stereocenters. The predicted octanol–water partition coefficient (Wildman–Crippen LogP) is 1.09. The van der Waals surface area contributed by atoms with Crippen molar-refractivity contribution in [1.29, 1.82) is 0 Å². The van der Waals surface area contributed by atoms with E-state index in [1.54, 1.807) is 23.1 Å². The van der Waals surface area contributed by atoms with Crippen molar-refractivity contribution in [1.82, 2.24) is 30.3 Å². The Labute approximate surface area is 141 Å². The summed E-state index contributed by atoms with van der Waals surface area (Å²) in [6.07, 6.45) is 1.92. The number of benzene rings is 1. The molecule has 0 saturated carbocycles. The molecule has 0 saturated heterocycles. The minimum atomic E-state index is -1.10. The number of hydrogen-bond donors (Lipinski definition) is 3. The van der Waals surface area contributed by atoms with Gasteiger partial charge < -0.3 is 10.0 Å². The lowest BCUT2D eigenvalue weighted by atomic mass is 10.0. The molecule has 0 bridgehead atoms. The molecule has 0 spiro atoms. The maximum atomic E-state index is 13.0. The smallest absolute Gasteiger partial charge is 0.356 e. The molecule has 3 aromatic rings. The van der Waals surface area contributed by atoms with E-state index in [1.165, 1.54) is 6.33 Å². The number of carboxylic acids is 1. The maximum absolute atomic E-state index is 13.0. The first-order valence-corrected chi connectivity index (χ1v) is 7.68. The molecule has 0 fully saturated rings. The van der Waals surface area contributed by atoms with Gasteiger partial charge in [0.2, 0.25) is 0 Å². The van der Waals surface area contributed by atoms with Crippen LogP contribution in [0.1, 0.15) is 32.1 Å². The first kappa shape index (κ1) is 15.1. The summed E-state index contributed by atoms with van der Waals surface area (Å²) in [7, 11) is 0. The van der Waals surface area contributed by atoms with Crippen molar-refractivity contribution in [2.75, 3.05) is 6.54 Å². The monoisotopic (exact) mass is 338 g/mol. The van der Waals surface area contributed by atoms with E-state index in [0.29, 0.717) is 35.5 Å². The number of carbonyl (C=O) groups excluding carboxylic acids is 1. The van der Waals surface area contributed by atoms with Crippen molar-refractivity contribution in [2.45, 2.75) is 13.0 Å². The Hall–Kier alpha value is -3.49. The highest BCUT2D eigenvalue weighted by atomic mass is 16.4. The van der Waals surface area contributed by atoms with Crippen LogP contribution < -0.4 is 0 Å². The van der Waals surface area contributed by atoms with Crippen LogP contribution in [-0.4, -0.2) is 53.8 Å². The average molecular weight is 338 g/mol. The number of aromatic carboxylic acids is 1. The van der Waals surface area contributed by atoms with Gasteiger partial charge in [0, 0.05) is 29.8 Å². The van der Waals surface area contributed by atoms with Crippen LogP contribution in [0, 0.1) is 0 Å². The molecule has 1 aromatic carbocycles. The largest absolute Gasteiger partial charge is 0.476 e. The summed E-state index contributed by atoms with van der Waals surface area (Å²) in [6, 6.07) is 7.12. The first-order chi connectivity index (χ1) is 12.1. The highest BCUT2D eigenvalue weighted by Gasteiger charge is 2.29. The zero-order chi connectivity index (χ0) is 17.4. The molecule has 1 amide bonds. The highest BCUT2D eigenvalue weighted by Crippen LogP contribution is 2.25. The fraction of sp³-hybridized carbons (Fsp3) is 0.188. The van der Waals surface area contributed by atoms with Crippen LogP contribution in [0.25, 0.3) is 11.4 Å². The van der Waals surface area contributed by atoms with Gasteiger partial charge in [0.15, 0.2) is 11.5 Å². The Bertz CT molecular complexity index is 947. The number of rotatable bonds is 3. The Kier molecular flexibility index (Phi) is 3.53. The lowest BCUT2D eigenvalue weighted by Gasteiger charge is -2.27. The van der Waals surface area contributed by atoms with Crippen molar-refractivity contribution in [3.63, 3.8) is 0 Å². The van der Waals surface area contributed by atoms with Crippen LogP contribution in [0.5, 0.6) is 0 Å². The molecule has 2 aromatic heterocycles. The maximum Gasteiger partial charge on any atom is 0.356 e. The van der Waals surface area contributed by atoms with E-state index in [2.05, 4.69) is 25.4 Å². The Morgan fingerprint density at radius 3 is 2.80 bits per heavy atom. The minimum Gasteiger partial charge on any atom is -0.476 e. The second-order valence-electron chi connectivity index (χ2n) is 5.69. The van der Waals surface area contributed by atoms with Crippen LogP contribution in [0.15, 0.2) is 30.6 Å². The van der Waals surface area contributed by atoms with Crippen LogP contribution in [-0.2, 0) is 13.0 Å². The second kappa shape index (κ2) is 5.86. The number of aromatic amines is 2. The van der Waals surface area contributed by atoms with Gasteiger partial charge in [0.05, 0.1) is 12.1 Å². The molecule has 1 aliphatic rings. The standard InChI is InChI=1S/C16H14N6O3/c23-15(10-4-2-1-3-9(10)14-17-8-18-21-14)22-6-5-12-11(7-22)13(16(24)25)20-19-12/h1-4,8H,5-7H2,(H,19,20)(H,24,25)(H,17,18,21). The van der Waals surface area contributed by atoms with Gasteiger partial charge in [-0.05, 0) is 6.07 Å². The van der Waals surface area contributed by atoms with Crippen molar-refractivity contribution in [3.8, 4) is 11.4 Å². The van der Waals surface area contributed by atoms with Crippen LogP contribution in [0.4, 0.5) is 0 Å². The molecular weight excluding hydrogens is 324 g/mol. The van der Waals surface area contributed by atoms with Gasteiger partial charge in [0.25, 0.3) is 5.91 Å². The number of amides is 1. The lowest BCUT2D eigenvalue weighted by Crippen LogP contribution is -2.36. The van der Waals surface area contributed by atoms with E-state index in [-0.39, 0.29) is 18.1 Å². The molecule has 4 rings (SSSR count).